The number of aliphatic imine (C=N–C) groups is 1. The third-order valence-corrected chi connectivity index (χ3v) is 5.60. The second kappa shape index (κ2) is 5.73. The first-order valence-electron chi connectivity index (χ1n) is 8.97. The summed E-state index contributed by atoms with van der Waals surface area (Å²) in [4.78, 5) is 7.46. The highest BCUT2D eigenvalue weighted by Gasteiger charge is 2.57. The summed E-state index contributed by atoms with van der Waals surface area (Å²) in [6, 6.07) is 23.4. The number of benzene rings is 2. The zero-order chi connectivity index (χ0) is 17.6. The van der Waals surface area contributed by atoms with E-state index < -0.39 is 0 Å². The van der Waals surface area contributed by atoms with E-state index in [0.717, 1.165) is 18.1 Å². The van der Waals surface area contributed by atoms with Gasteiger partial charge in [-0.25, -0.2) is 4.99 Å². The molecule has 0 unspecified atom stereocenters. The average Bonchev–Trinajstić information content (AvgIpc) is 3.22. The molecule has 26 heavy (non-hydrogen) atoms. The van der Waals surface area contributed by atoms with E-state index in [1.54, 1.807) is 6.26 Å². The van der Waals surface area contributed by atoms with E-state index in [1.807, 2.05) is 12.3 Å². The molecule has 0 amide bonds. The third-order valence-electron chi connectivity index (χ3n) is 5.60. The molecule has 0 bridgehead atoms. The molecule has 1 fully saturated rings. The lowest BCUT2D eigenvalue weighted by Crippen LogP contribution is -2.65. The molecule has 3 aromatic rings. The van der Waals surface area contributed by atoms with Gasteiger partial charge in [0, 0.05) is 12.1 Å². The normalized spacial score (nSPS) is 24.3. The first-order chi connectivity index (χ1) is 12.8. The van der Waals surface area contributed by atoms with E-state index in [0.29, 0.717) is 0 Å². The fourth-order valence-electron chi connectivity index (χ4n) is 4.31. The minimum atomic E-state index is -0.167. The van der Waals surface area contributed by atoms with Crippen LogP contribution in [0, 0.1) is 0 Å². The van der Waals surface area contributed by atoms with Crippen LogP contribution in [0.15, 0.2) is 94.7 Å². The van der Waals surface area contributed by atoms with Gasteiger partial charge in [0.25, 0.3) is 0 Å². The first-order valence-corrected chi connectivity index (χ1v) is 8.97. The maximum absolute atomic E-state index is 5.39. The minimum absolute atomic E-state index is 0.167. The number of nitrogens with zero attached hydrogens (tertiary/aromatic N) is 2. The summed E-state index contributed by atoms with van der Waals surface area (Å²) in [6.45, 7) is 3.16. The third kappa shape index (κ3) is 2.10. The van der Waals surface area contributed by atoms with Crippen LogP contribution in [0.1, 0.15) is 29.7 Å². The van der Waals surface area contributed by atoms with Gasteiger partial charge < -0.3 is 9.32 Å². The molecule has 2 atom stereocenters. The van der Waals surface area contributed by atoms with E-state index in [4.69, 9.17) is 9.41 Å². The van der Waals surface area contributed by atoms with Crippen LogP contribution in [0.3, 0.4) is 0 Å². The van der Waals surface area contributed by atoms with Gasteiger partial charge in [-0.3, -0.25) is 0 Å². The molecule has 3 nitrogen and oxygen atoms in total. The lowest BCUT2D eigenvalue weighted by Gasteiger charge is -2.58. The molecule has 3 heterocycles. The number of rotatable bonds is 3. The molecule has 0 spiro atoms. The summed E-state index contributed by atoms with van der Waals surface area (Å²) < 4.78 is 5.39. The van der Waals surface area contributed by atoms with Crippen LogP contribution < -0.4 is 0 Å². The summed E-state index contributed by atoms with van der Waals surface area (Å²) in [7, 11) is 0. The van der Waals surface area contributed by atoms with Crippen molar-refractivity contribution in [3.63, 3.8) is 0 Å². The molecular formula is C23H20N2O. The van der Waals surface area contributed by atoms with E-state index in [2.05, 4.69) is 78.6 Å². The van der Waals surface area contributed by atoms with Crippen molar-refractivity contribution in [2.45, 2.75) is 18.4 Å². The van der Waals surface area contributed by atoms with Crippen molar-refractivity contribution in [2.75, 3.05) is 6.54 Å². The van der Waals surface area contributed by atoms with E-state index in [1.165, 1.54) is 16.7 Å². The summed E-state index contributed by atoms with van der Waals surface area (Å²) in [5.74, 6) is 1.14. The number of hydrogen-bond acceptors (Lipinski definition) is 3. The highest BCUT2D eigenvalue weighted by molar-refractivity contribution is 6.04. The van der Waals surface area contributed by atoms with Gasteiger partial charge in [-0.05, 0) is 30.2 Å². The monoisotopic (exact) mass is 340 g/mol. The van der Waals surface area contributed by atoms with Crippen LogP contribution in [0.4, 0.5) is 0 Å². The molecule has 128 valence electrons. The maximum atomic E-state index is 5.39. The molecule has 2 aliphatic heterocycles. The fourth-order valence-corrected chi connectivity index (χ4v) is 4.31. The molecule has 2 aromatic carbocycles. The molecule has 3 heteroatoms. The van der Waals surface area contributed by atoms with Gasteiger partial charge in [-0.2, -0.15) is 0 Å². The smallest absolute Gasteiger partial charge is 0.119 e. The van der Waals surface area contributed by atoms with Gasteiger partial charge >= 0.3 is 0 Å². The summed E-state index contributed by atoms with van der Waals surface area (Å²) in [5, 5.41) is 0. The van der Waals surface area contributed by atoms with Crippen molar-refractivity contribution in [3.8, 4) is 0 Å². The summed E-state index contributed by atoms with van der Waals surface area (Å²) >= 11 is 0. The van der Waals surface area contributed by atoms with Gasteiger partial charge in [0.2, 0.25) is 0 Å². The number of fused-ring (bicyclic) bond motifs is 1. The Kier molecular flexibility index (Phi) is 3.35. The Labute approximate surface area is 153 Å². The minimum Gasteiger partial charge on any atom is -0.472 e. The molecule has 0 radical (unpaired) electrons. The van der Waals surface area contributed by atoms with Crippen molar-refractivity contribution in [3.05, 3.63) is 102 Å². The van der Waals surface area contributed by atoms with Crippen LogP contribution in [0.2, 0.25) is 0 Å². The molecule has 0 saturated carbocycles. The van der Waals surface area contributed by atoms with Gasteiger partial charge in [-0.1, -0.05) is 60.7 Å². The highest BCUT2D eigenvalue weighted by Crippen LogP contribution is 2.53. The van der Waals surface area contributed by atoms with Crippen molar-refractivity contribution in [1.82, 2.24) is 4.90 Å². The van der Waals surface area contributed by atoms with Gasteiger partial charge in [0.15, 0.2) is 0 Å². The predicted octanol–water partition coefficient (Wildman–Crippen LogP) is 5.05. The first kappa shape index (κ1) is 15.2. The Hall–Kier alpha value is -3.07. The van der Waals surface area contributed by atoms with Gasteiger partial charge in [0.05, 0.1) is 29.7 Å². The summed E-state index contributed by atoms with van der Waals surface area (Å²) in [6.07, 6.45) is 5.83. The summed E-state index contributed by atoms with van der Waals surface area (Å²) in [5.41, 5.74) is 4.55. The van der Waals surface area contributed by atoms with Crippen LogP contribution >= 0.6 is 0 Å². The van der Waals surface area contributed by atoms with Crippen molar-refractivity contribution < 1.29 is 4.42 Å². The van der Waals surface area contributed by atoms with Crippen molar-refractivity contribution in [2.24, 2.45) is 4.99 Å². The largest absolute Gasteiger partial charge is 0.472 e. The molecule has 5 rings (SSSR count). The quantitative estimate of drug-likeness (QED) is 0.668. The molecule has 0 N–H and O–H groups in total. The molecule has 1 aromatic heterocycles. The molecule has 1 saturated heterocycles. The molecular weight excluding hydrogens is 320 g/mol. The van der Waals surface area contributed by atoms with E-state index >= 15 is 0 Å². The van der Waals surface area contributed by atoms with Crippen LogP contribution in [-0.2, 0) is 5.41 Å². The Bertz CT molecular complexity index is 974. The standard InChI is InChI=1S/C23H20N2O/c1-23(19-10-6-3-7-11-19)21(18-13-15-26-16-18)25-14-12-20(24-22(23)25)17-8-4-2-5-9-17/h2-13,15-16,21H,14H2,1H3/t21-,23-/m0/s1. The highest BCUT2D eigenvalue weighted by atomic mass is 16.3. The Morgan fingerprint density at radius 3 is 2.42 bits per heavy atom. The van der Waals surface area contributed by atoms with Gasteiger partial charge in [-0.15, -0.1) is 0 Å². The Morgan fingerprint density at radius 1 is 1.00 bits per heavy atom. The predicted molar refractivity (Wildman–Crippen MR) is 104 cm³/mol. The van der Waals surface area contributed by atoms with E-state index in [-0.39, 0.29) is 11.5 Å². The fraction of sp³-hybridized carbons (Fsp3) is 0.174. The van der Waals surface area contributed by atoms with Crippen molar-refractivity contribution >= 4 is 11.5 Å². The molecule has 0 aliphatic carbocycles. The van der Waals surface area contributed by atoms with Crippen molar-refractivity contribution in [1.29, 1.82) is 0 Å². The average molecular weight is 340 g/mol. The van der Waals surface area contributed by atoms with Crippen LogP contribution in [0.5, 0.6) is 0 Å². The maximum Gasteiger partial charge on any atom is 0.119 e. The topological polar surface area (TPSA) is 28.7 Å². The Morgan fingerprint density at radius 2 is 1.73 bits per heavy atom. The van der Waals surface area contributed by atoms with Crippen LogP contribution in [0.25, 0.3) is 5.70 Å². The second-order valence-electron chi connectivity index (χ2n) is 7.07. The molecule has 2 aliphatic rings. The SMILES string of the molecule is C[C@@]1(c2ccccc2)C2=NC(c3ccccc3)=CCN2[C@H]1c1ccoc1. The zero-order valence-electron chi connectivity index (χ0n) is 14.7. The van der Waals surface area contributed by atoms with E-state index in [9.17, 15) is 0 Å². The number of furan rings is 1. The number of hydrogen-bond donors (Lipinski definition) is 0. The lowest BCUT2D eigenvalue weighted by molar-refractivity contribution is 0.166. The van der Waals surface area contributed by atoms with Gasteiger partial charge in [0.1, 0.15) is 5.84 Å². The lowest BCUT2D eigenvalue weighted by atomic mass is 9.64. The van der Waals surface area contributed by atoms with Crippen LogP contribution in [-0.4, -0.2) is 17.3 Å². The Balaban J connectivity index is 1.62. The zero-order valence-corrected chi connectivity index (χ0v) is 14.7. The second-order valence-corrected chi connectivity index (χ2v) is 7.07. The number of amidine groups is 1.